The molecule has 0 N–H and O–H groups in total. The van der Waals surface area contributed by atoms with Crippen LogP contribution in [0, 0.1) is 0 Å². The highest BCUT2D eigenvalue weighted by Crippen LogP contribution is 2.40. The normalized spacial score (nSPS) is 24.6. The Labute approximate surface area is 105 Å². The number of nitrogens with zero attached hydrogens (tertiary/aromatic N) is 2. The van der Waals surface area contributed by atoms with Crippen molar-refractivity contribution in [2.75, 3.05) is 0 Å². The summed E-state index contributed by atoms with van der Waals surface area (Å²) in [6.07, 6.45) is 5.90. The third-order valence-electron chi connectivity index (χ3n) is 2.95. The van der Waals surface area contributed by atoms with Gasteiger partial charge in [-0.05, 0) is 56.5 Å². The van der Waals surface area contributed by atoms with Crippen LogP contribution in [0.2, 0.25) is 0 Å². The van der Waals surface area contributed by atoms with Crippen molar-refractivity contribution in [2.45, 2.75) is 57.8 Å². The van der Waals surface area contributed by atoms with Crippen LogP contribution in [0.1, 0.15) is 46.6 Å². The zero-order valence-corrected chi connectivity index (χ0v) is 11.9. The van der Waals surface area contributed by atoms with Crippen LogP contribution in [-0.2, 0) is 4.74 Å². The summed E-state index contributed by atoms with van der Waals surface area (Å²) in [5, 5.41) is 4.38. The van der Waals surface area contributed by atoms with Crippen molar-refractivity contribution in [3.63, 3.8) is 0 Å². The second kappa shape index (κ2) is 3.84. The van der Waals surface area contributed by atoms with Crippen molar-refractivity contribution < 1.29 is 4.74 Å². The van der Waals surface area contributed by atoms with Gasteiger partial charge in [-0.2, -0.15) is 5.10 Å². The second-order valence-electron chi connectivity index (χ2n) is 5.82. The van der Waals surface area contributed by atoms with E-state index in [1.807, 2.05) is 12.4 Å². The molecule has 0 spiro atoms. The Bertz CT molecular complexity index is 368. The van der Waals surface area contributed by atoms with Crippen molar-refractivity contribution >= 4 is 15.9 Å². The highest BCUT2D eigenvalue weighted by Gasteiger charge is 2.40. The molecule has 1 aromatic rings. The van der Waals surface area contributed by atoms with Gasteiger partial charge in [-0.1, -0.05) is 0 Å². The monoisotopic (exact) mass is 286 g/mol. The lowest BCUT2D eigenvalue weighted by atomic mass is 9.85. The van der Waals surface area contributed by atoms with Crippen LogP contribution in [0.25, 0.3) is 0 Å². The van der Waals surface area contributed by atoms with Gasteiger partial charge in [0.2, 0.25) is 0 Å². The van der Waals surface area contributed by atoms with Crippen LogP contribution < -0.4 is 0 Å². The van der Waals surface area contributed by atoms with E-state index >= 15 is 0 Å². The maximum absolute atomic E-state index is 6.07. The Morgan fingerprint density at radius 3 is 2.31 bits per heavy atom. The number of ether oxygens (including phenoxy) is 1. The van der Waals surface area contributed by atoms with E-state index in [-0.39, 0.29) is 11.2 Å². The third kappa shape index (κ3) is 2.66. The Balaban J connectivity index is 2.22. The molecule has 16 heavy (non-hydrogen) atoms. The summed E-state index contributed by atoms with van der Waals surface area (Å²) in [5.41, 5.74) is -0.157. The Kier molecular flexibility index (Phi) is 2.91. The first kappa shape index (κ1) is 12.1. The second-order valence-corrected chi connectivity index (χ2v) is 6.74. The molecule has 1 aliphatic rings. The fourth-order valence-electron chi connectivity index (χ4n) is 2.74. The Morgan fingerprint density at radius 2 is 1.88 bits per heavy atom. The van der Waals surface area contributed by atoms with E-state index in [1.54, 1.807) is 0 Å². The lowest BCUT2D eigenvalue weighted by Gasteiger charge is -2.45. The van der Waals surface area contributed by atoms with Crippen molar-refractivity contribution in [3.8, 4) is 0 Å². The molecule has 2 heterocycles. The summed E-state index contributed by atoms with van der Waals surface area (Å²) in [6.45, 7) is 8.61. The van der Waals surface area contributed by atoms with Gasteiger partial charge in [-0.25, -0.2) is 0 Å². The molecule has 1 aromatic heterocycles. The molecule has 0 aromatic carbocycles. The van der Waals surface area contributed by atoms with Crippen LogP contribution in [0.4, 0.5) is 0 Å². The Hall–Kier alpha value is -0.350. The van der Waals surface area contributed by atoms with Crippen LogP contribution in [-0.4, -0.2) is 21.0 Å². The molecular weight excluding hydrogens is 268 g/mol. The fourth-order valence-corrected chi connectivity index (χ4v) is 3.04. The summed E-state index contributed by atoms with van der Waals surface area (Å²) < 4.78 is 9.16. The van der Waals surface area contributed by atoms with Gasteiger partial charge < -0.3 is 4.74 Å². The summed E-state index contributed by atoms with van der Waals surface area (Å²) >= 11 is 3.44. The first-order valence-corrected chi connectivity index (χ1v) is 6.47. The highest BCUT2D eigenvalue weighted by molar-refractivity contribution is 9.10. The third-order valence-corrected chi connectivity index (χ3v) is 3.36. The van der Waals surface area contributed by atoms with E-state index in [2.05, 4.69) is 53.4 Å². The maximum atomic E-state index is 6.07. The van der Waals surface area contributed by atoms with Gasteiger partial charge in [-0.3, -0.25) is 4.68 Å². The smallest absolute Gasteiger partial charge is 0.0654 e. The van der Waals surface area contributed by atoms with Gasteiger partial charge >= 0.3 is 0 Å². The van der Waals surface area contributed by atoms with E-state index in [0.717, 1.165) is 17.3 Å². The van der Waals surface area contributed by atoms with E-state index in [4.69, 9.17) is 4.74 Å². The molecule has 0 radical (unpaired) electrons. The Morgan fingerprint density at radius 1 is 1.31 bits per heavy atom. The summed E-state index contributed by atoms with van der Waals surface area (Å²) in [5.74, 6) is 0. The van der Waals surface area contributed by atoms with Crippen LogP contribution in [0.3, 0.4) is 0 Å². The summed E-state index contributed by atoms with van der Waals surface area (Å²) in [7, 11) is 0. The quantitative estimate of drug-likeness (QED) is 0.789. The van der Waals surface area contributed by atoms with E-state index in [1.165, 1.54) is 0 Å². The first-order chi connectivity index (χ1) is 7.27. The maximum Gasteiger partial charge on any atom is 0.0654 e. The molecule has 0 unspecified atom stereocenters. The van der Waals surface area contributed by atoms with Gasteiger partial charge in [0.25, 0.3) is 0 Å². The minimum atomic E-state index is -0.0785. The van der Waals surface area contributed by atoms with Gasteiger partial charge in [0.05, 0.1) is 27.9 Å². The van der Waals surface area contributed by atoms with Gasteiger partial charge in [0.15, 0.2) is 0 Å². The van der Waals surface area contributed by atoms with Crippen molar-refractivity contribution in [1.82, 2.24) is 9.78 Å². The van der Waals surface area contributed by atoms with Crippen molar-refractivity contribution in [3.05, 3.63) is 16.9 Å². The van der Waals surface area contributed by atoms with Crippen molar-refractivity contribution in [2.24, 2.45) is 0 Å². The zero-order valence-electron chi connectivity index (χ0n) is 10.3. The number of aromatic nitrogens is 2. The van der Waals surface area contributed by atoms with E-state index in [9.17, 15) is 0 Å². The number of halogens is 1. The summed E-state index contributed by atoms with van der Waals surface area (Å²) in [4.78, 5) is 0. The van der Waals surface area contributed by atoms with Gasteiger partial charge in [-0.15, -0.1) is 0 Å². The molecular formula is C12H19BrN2O. The van der Waals surface area contributed by atoms with Gasteiger partial charge in [0, 0.05) is 6.20 Å². The zero-order chi connectivity index (χ0) is 12.0. The predicted molar refractivity (Wildman–Crippen MR) is 67.4 cm³/mol. The van der Waals surface area contributed by atoms with E-state index < -0.39 is 0 Å². The minimum absolute atomic E-state index is 0.0785. The predicted octanol–water partition coefficient (Wildman–Crippen LogP) is 3.55. The first-order valence-electron chi connectivity index (χ1n) is 5.67. The molecule has 0 saturated carbocycles. The van der Waals surface area contributed by atoms with Crippen LogP contribution in [0.5, 0.6) is 0 Å². The van der Waals surface area contributed by atoms with Gasteiger partial charge in [0.1, 0.15) is 0 Å². The van der Waals surface area contributed by atoms with Crippen LogP contribution >= 0.6 is 15.9 Å². The molecule has 0 bridgehead atoms. The lowest BCUT2D eigenvalue weighted by molar-refractivity contribution is -0.170. The molecule has 0 aliphatic carbocycles. The fraction of sp³-hybridized carbons (Fsp3) is 0.750. The average molecular weight is 287 g/mol. The minimum Gasteiger partial charge on any atom is -0.370 e. The van der Waals surface area contributed by atoms with E-state index in [0.29, 0.717) is 6.04 Å². The lowest BCUT2D eigenvalue weighted by Crippen LogP contribution is -2.45. The molecule has 1 fully saturated rings. The number of hydrogen-bond acceptors (Lipinski definition) is 2. The molecule has 4 heteroatoms. The standard InChI is InChI=1S/C12H19BrN2O/c1-11(2)5-10(6-12(3,4)16-11)15-8-9(13)7-14-15/h7-8,10H,5-6H2,1-4H3. The summed E-state index contributed by atoms with van der Waals surface area (Å²) in [6, 6.07) is 0.421. The molecule has 90 valence electrons. The molecule has 1 saturated heterocycles. The largest absolute Gasteiger partial charge is 0.370 e. The molecule has 2 rings (SSSR count). The van der Waals surface area contributed by atoms with Crippen LogP contribution in [0.15, 0.2) is 16.9 Å². The number of rotatable bonds is 1. The topological polar surface area (TPSA) is 27.1 Å². The molecule has 0 amide bonds. The number of hydrogen-bond donors (Lipinski definition) is 0. The molecule has 3 nitrogen and oxygen atoms in total. The van der Waals surface area contributed by atoms with Crippen molar-refractivity contribution in [1.29, 1.82) is 0 Å². The SMILES string of the molecule is CC1(C)CC(n2cc(Br)cn2)CC(C)(C)O1. The molecule has 1 aliphatic heterocycles. The highest BCUT2D eigenvalue weighted by atomic mass is 79.9. The molecule has 0 atom stereocenters. The average Bonchev–Trinajstić information content (AvgIpc) is 2.45.